The lowest BCUT2D eigenvalue weighted by atomic mass is 10.1. The molecule has 3 aromatic rings. The van der Waals surface area contributed by atoms with Crippen molar-refractivity contribution in [1.29, 1.82) is 0 Å². The standard InChI is InChI=1S/C17H14N2O4/c1-9-6-12(7-10(2)15(9)22-11(3)20)16-19-14-4-5-18-8-13(14)17(21)23-16/h4-8H,1-3H3. The van der Waals surface area contributed by atoms with Gasteiger partial charge in [0, 0.05) is 24.9 Å². The molecule has 0 saturated heterocycles. The Morgan fingerprint density at radius 1 is 1.22 bits per heavy atom. The molecule has 0 aliphatic carbocycles. The normalized spacial score (nSPS) is 10.7. The topological polar surface area (TPSA) is 82.3 Å². The van der Waals surface area contributed by atoms with Crippen LogP contribution in [0.15, 0.2) is 39.8 Å². The number of carbonyl (C=O) groups excluding carboxylic acids is 1. The van der Waals surface area contributed by atoms with E-state index in [1.54, 1.807) is 24.4 Å². The second kappa shape index (κ2) is 5.64. The molecular weight excluding hydrogens is 296 g/mol. The van der Waals surface area contributed by atoms with Crippen LogP contribution in [-0.2, 0) is 4.79 Å². The molecule has 0 N–H and O–H groups in total. The van der Waals surface area contributed by atoms with Crippen LogP contribution in [0.4, 0.5) is 0 Å². The van der Waals surface area contributed by atoms with Crippen LogP contribution in [0.5, 0.6) is 5.75 Å². The Morgan fingerprint density at radius 3 is 2.57 bits per heavy atom. The minimum Gasteiger partial charge on any atom is -0.426 e. The fourth-order valence-corrected chi connectivity index (χ4v) is 2.42. The average Bonchev–Trinajstić information content (AvgIpc) is 2.50. The summed E-state index contributed by atoms with van der Waals surface area (Å²) in [5.41, 5.74) is 2.19. The molecule has 0 aliphatic heterocycles. The molecule has 0 saturated carbocycles. The maximum absolute atomic E-state index is 12.0. The van der Waals surface area contributed by atoms with Gasteiger partial charge in [0.05, 0.1) is 5.52 Å². The monoisotopic (exact) mass is 310 g/mol. The molecule has 0 radical (unpaired) electrons. The first-order valence-electron chi connectivity index (χ1n) is 7.00. The van der Waals surface area contributed by atoms with Gasteiger partial charge in [-0.3, -0.25) is 9.78 Å². The summed E-state index contributed by atoms with van der Waals surface area (Å²) in [4.78, 5) is 31.5. The Kier molecular flexibility index (Phi) is 3.65. The van der Waals surface area contributed by atoms with Crippen LogP contribution in [0.25, 0.3) is 22.4 Å². The SMILES string of the molecule is CC(=O)Oc1c(C)cc(-c2nc3ccncc3c(=O)o2)cc1C. The zero-order valence-corrected chi connectivity index (χ0v) is 12.9. The number of aryl methyl sites for hydroxylation is 2. The summed E-state index contributed by atoms with van der Waals surface area (Å²) in [6.07, 6.45) is 3.00. The van der Waals surface area contributed by atoms with Gasteiger partial charge in [0.25, 0.3) is 0 Å². The van der Waals surface area contributed by atoms with E-state index >= 15 is 0 Å². The third kappa shape index (κ3) is 2.83. The second-order valence-corrected chi connectivity index (χ2v) is 5.23. The Balaban J connectivity index is 2.16. The summed E-state index contributed by atoms with van der Waals surface area (Å²) >= 11 is 0. The summed E-state index contributed by atoms with van der Waals surface area (Å²) < 4.78 is 10.5. The fraction of sp³-hybridized carbons (Fsp3) is 0.176. The molecular formula is C17H14N2O4. The molecule has 0 bridgehead atoms. The van der Waals surface area contributed by atoms with E-state index in [1.165, 1.54) is 13.1 Å². The molecule has 23 heavy (non-hydrogen) atoms. The van der Waals surface area contributed by atoms with Crippen LogP contribution in [0.2, 0.25) is 0 Å². The average molecular weight is 310 g/mol. The van der Waals surface area contributed by atoms with Gasteiger partial charge in [-0.25, -0.2) is 9.78 Å². The summed E-state index contributed by atoms with van der Waals surface area (Å²) in [7, 11) is 0. The molecule has 3 rings (SSSR count). The number of hydrogen-bond donors (Lipinski definition) is 0. The minimum absolute atomic E-state index is 0.217. The minimum atomic E-state index is -0.488. The lowest BCUT2D eigenvalue weighted by molar-refractivity contribution is -0.131. The first-order chi connectivity index (χ1) is 11.0. The van der Waals surface area contributed by atoms with E-state index in [0.29, 0.717) is 22.2 Å². The van der Waals surface area contributed by atoms with E-state index in [4.69, 9.17) is 9.15 Å². The number of nitrogens with zero attached hydrogens (tertiary/aromatic N) is 2. The Morgan fingerprint density at radius 2 is 1.91 bits per heavy atom. The van der Waals surface area contributed by atoms with Gasteiger partial charge in [-0.2, -0.15) is 0 Å². The van der Waals surface area contributed by atoms with Gasteiger partial charge >= 0.3 is 11.6 Å². The molecule has 0 atom stereocenters. The molecule has 0 aliphatic rings. The fourth-order valence-electron chi connectivity index (χ4n) is 2.42. The van der Waals surface area contributed by atoms with E-state index in [1.807, 2.05) is 13.8 Å². The number of ether oxygens (including phenoxy) is 1. The van der Waals surface area contributed by atoms with Crippen molar-refractivity contribution < 1.29 is 13.9 Å². The molecule has 6 heteroatoms. The van der Waals surface area contributed by atoms with Gasteiger partial charge in [-0.1, -0.05) is 0 Å². The lowest BCUT2D eigenvalue weighted by Gasteiger charge is -2.11. The van der Waals surface area contributed by atoms with Crippen molar-refractivity contribution in [1.82, 2.24) is 9.97 Å². The number of carbonyl (C=O) groups is 1. The third-order valence-electron chi connectivity index (χ3n) is 3.38. The van der Waals surface area contributed by atoms with Crippen molar-refractivity contribution in [3.8, 4) is 17.2 Å². The molecule has 2 heterocycles. The van der Waals surface area contributed by atoms with E-state index in [2.05, 4.69) is 9.97 Å². The lowest BCUT2D eigenvalue weighted by Crippen LogP contribution is -2.06. The molecule has 6 nitrogen and oxygen atoms in total. The van der Waals surface area contributed by atoms with E-state index in [-0.39, 0.29) is 11.9 Å². The highest BCUT2D eigenvalue weighted by Crippen LogP contribution is 2.29. The number of rotatable bonds is 2. The number of esters is 1. The van der Waals surface area contributed by atoms with Crippen molar-refractivity contribution in [2.45, 2.75) is 20.8 Å². The number of hydrogen-bond acceptors (Lipinski definition) is 6. The second-order valence-electron chi connectivity index (χ2n) is 5.23. The van der Waals surface area contributed by atoms with Crippen molar-refractivity contribution in [3.05, 3.63) is 52.1 Å². The predicted molar refractivity (Wildman–Crippen MR) is 84.3 cm³/mol. The maximum atomic E-state index is 12.0. The highest BCUT2D eigenvalue weighted by atomic mass is 16.5. The summed E-state index contributed by atoms with van der Waals surface area (Å²) in [6.45, 7) is 4.99. The highest BCUT2D eigenvalue weighted by molar-refractivity contribution is 5.78. The highest BCUT2D eigenvalue weighted by Gasteiger charge is 2.13. The third-order valence-corrected chi connectivity index (χ3v) is 3.38. The van der Waals surface area contributed by atoms with Gasteiger partial charge in [0.2, 0.25) is 5.89 Å². The Bertz CT molecular complexity index is 953. The smallest absolute Gasteiger partial charge is 0.348 e. The first-order valence-corrected chi connectivity index (χ1v) is 7.00. The van der Waals surface area contributed by atoms with Crippen molar-refractivity contribution in [2.75, 3.05) is 0 Å². The van der Waals surface area contributed by atoms with Gasteiger partial charge in [-0.05, 0) is 43.2 Å². The Hall–Kier alpha value is -3.02. The maximum Gasteiger partial charge on any atom is 0.348 e. The largest absolute Gasteiger partial charge is 0.426 e. The van der Waals surface area contributed by atoms with Crippen LogP contribution in [0.3, 0.4) is 0 Å². The van der Waals surface area contributed by atoms with E-state index in [9.17, 15) is 9.59 Å². The quantitative estimate of drug-likeness (QED) is 0.534. The number of aromatic nitrogens is 2. The molecule has 1 aromatic carbocycles. The first kappa shape index (κ1) is 14.9. The van der Waals surface area contributed by atoms with Crippen LogP contribution >= 0.6 is 0 Å². The summed E-state index contributed by atoms with van der Waals surface area (Å²) in [5, 5.41) is 0.334. The Labute approximate surface area is 131 Å². The number of benzene rings is 1. The van der Waals surface area contributed by atoms with Gasteiger partial charge in [0.1, 0.15) is 11.1 Å². The van der Waals surface area contributed by atoms with Crippen molar-refractivity contribution in [2.24, 2.45) is 0 Å². The van der Waals surface area contributed by atoms with Gasteiger partial charge in [0.15, 0.2) is 0 Å². The number of fused-ring (bicyclic) bond motifs is 1. The summed E-state index contributed by atoms with van der Waals surface area (Å²) in [6, 6.07) is 5.19. The van der Waals surface area contributed by atoms with Crippen molar-refractivity contribution in [3.63, 3.8) is 0 Å². The molecule has 0 unspecified atom stereocenters. The zero-order valence-electron chi connectivity index (χ0n) is 12.9. The van der Waals surface area contributed by atoms with Crippen LogP contribution < -0.4 is 10.4 Å². The van der Waals surface area contributed by atoms with Crippen LogP contribution in [0, 0.1) is 13.8 Å². The molecule has 0 spiro atoms. The molecule has 0 amide bonds. The molecule has 2 aromatic heterocycles. The van der Waals surface area contributed by atoms with E-state index in [0.717, 1.165) is 11.1 Å². The predicted octanol–water partition coefficient (Wildman–Crippen LogP) is 2.79. The molecule has 0 fully saturated rings. The molecule has 116 valence electrons. The summed E-state index contributed by atoms with van der Waals surface area (Å²) in [5.74, 6) is 0.342. The van der Waals surface area contributed by atoms with Crippen LogP contribution in [-0.4, -0.2) is 15.9 Å². The van der Waals surface area contributed by atoms with Crippen molar-refractivity contribution >= 4 is 16.9 Å². The van der Waals surface area contributed by atoms with E-state index < -0.39 is 5.63 Å². The zero-order chi connectivity index (χ0) is 16.6. The number of pyridine rings is 1. The van der Waals surface area contributed by atoms with Gasteiger partial charge < -0.3 is 9.15 Å². The van der Waals surface area contributed by atoms with Gasteiger partial charge in [-0.15, -0.1) is 0 Å². The van der Waals surface area contributed by atoms with Crippen LogP contribution in [0.1, 0.15) is 18.1 Å².